The third kappa shape index (κ3) is 3.72. The van der Waals surface area contributed by atoms with Crippen molar-refractivity contribution in [2.75, 3.05) is 5.73 Å². The molecule has 4 heteroatoms. The number of carbonyl (C=O) groups excluding carboxylic acids is 1. The Hall–Kier alpha value is -1.51. The number of carbonyl (C=O) groups is 1. The fraction of sp³-hybridized carbons (Fsp3) is 0.133. The van der Waals surface area contributed by atoms with E-state index in [9.17, 15) is 4.79 Å². The van der Waals surface area contributed by atoms with E-state index in [1.165, 1.54) is 0 Å². The Balaban J connectivity index is 2.08. The lowest BCUT2D eigenvalue weighted by Crippen LogP contribution is -2.07. The minimum atomic E-state index is 0.0785. The van der Waals surface area contributed by atoms with Crippen LogP contribution in [0, 0.1) is 0 Å². The molecule has 2 aromatic rings. The van der Waals surface area contributed by atoms with Crippen molar-refractivity contribution in [1.29, 1.82) is 0 Å². The zero-order valence-electron chi connectivity index (χ0n) is 10.2. The maximum Gasteiger partial charge on any atom is 0.141 e. The number of anilines is 1. The second-order valence-corrected chi connectivity index (χ2v) is 5.14. The van der Waals surface area contributed by atoms with Crippen LogP contribution in [-0.2, 0) is 17.6 Å². The molecule has 2 nitrogen and oxygen atoms in total. The highest BCUT2D eigenvalue weighted by molar-refractivity contribution is 6.42. The fourth-order valence-corrected chi connectivity index (χ4v) is 2.28. The highest BCUT2D eigenvalue weighted by Crippen LogP contribution is 2.26. The van der Waals surface area contributed by atoms with E-state index in [1.807, 2.05) is 18.2 Å². The molecule has 2 rings (SSSR count). The van der Waals surface area contributed by atoms with Crippen molar-refractivity contribution in [2.45, 2.75) is 12.8 Å². The number of nitrogens with two attached hydrogens (primary N) is 1. The third-order valence-electron chi connectivity index (χ3n) is 2.77. The normalized spacial score (nSPS) is 10.4. The zero-order valence-corrected chi connectivity index (χ0v) is 11.7. The molecule has 0 aliphatic carbocycles. The Morgan fingerprint density at radius 2 is 1.79 bits per heavy atom. The molecule has 0 unspecified atom stereocenters. The first kappa shape index (κ1) is 13.9. The van der Waals surface area contributed by atoms with Crippen LogP contribution in [0.5, 0.6) is 0 Å². The van der Waals surface area contributed by atoms with Gasteiger partial charge in [-0.15, -0.1) is 0 Å². The second kappa shape index (κ2) is 6.09. The first-order chi connectivity index (χ1) is 9.06. The molecule has 98 valence electrons. The van der Waals surface area contributed by atoms with Crippen LogP contribution in [0.2, 0.25) is 10.0 Å². The minimum absolute atomic E-state index is 0.0785. The van der Waals surface area contributed by atoms with E-state index in [2.05, 4.69) is 0 Å². The quantitative estimate of drug-likeness (QED) is 0.868. The van der Waals surface area contributed by atoms with Crippen molar-refractivity contribution >= 4 is 34.7 Å². The molecule has 0 aromatic heterocycles. The highest BCUT2D eigenvalue weighted by atomic mass is 35.5. The topological polar surface area (TPSA) is 43.1 Å². The number of Topliss-reactive ketones (excluding diaryl/α,β-unsaturated/α-hetero) is 1. The van der Waals surface area contributed by atoms with Gasteiger partial charge in [0.1, 0.15) is 5.78 Å². The molecule has 0 spiro atoms. The van der Waals surface area contributed by atoms with Gasteiger partial charge in [0.15, 0.2) is 0 Å². The summed E-state index contributed by atoms with van der Waals surface area (Å²) in [6, 6.07) is 12.6. The third-order valence-corrected chi connectivity index (χ3v) is 3.63. The predicted molar refractivity (Wildman–Crippen MR) is 79.7 cm³/mol. The maximum atomic E-state index is 12.0. The van der Waals surface area contributed by atoms with Gasteiger partial charge < -0.3 is 5.73 Å². The molecule has 0 bridgehead atoms. The van der Waals surface area contributed by atoms with E-state index < -0.39 is 0 Å². The number of ketones is 1. The number of hydrogen-bond acceptors (Lipinski definition) is 2. The van der Waals surface area contributed by atoms with Gasteiger partial charge in [-0.1, -0.05) is 47.5 Å². The predicted octanol–water partition coefficient (Wildman–Crippen LogP) is 3.93. The smallest absolute Gasteiger partial charge is 0.141 e. The Labute approximate surface area is 122 Å². The van der Waals surface area contributed by atoms with Crippen LogP contribution in [0.15, 0.2) is 42.5 Å². The van der Waals surface area contributed by atoms with Gasteiger partial charge >= 0.3 is 0 Å². The van der Waals surface area contributed by atoms with Crippen LogP contribution in [0.3, 0.4) is 0 Å². The van der Waals surface area contributed by atoms with Gasteiger partial charge in [-0.05, 0) is 29.3 Å². The molecular weight excluding hydrogens is 281 g/mol. The van der Waals surface area contributed by atoms with E-state index in [0.717, 1.165) is 11.1 Å². The molecule has 0 radical (unpaired) electrons. The second-order valence-electron chi connectivity index (χ2n) is 4.35. The average molecular weight is 294 g/mol. The average Bonchev–Trinajstić information content (AvgIpc) is 2.35. The lowest BCUT2D eigenvalue weighted by atomic mass is 10.0. The van der Waals surface area contributed by atoms with Crippen LogP contribution in [0.4, 0.5) is 5.69 Å². The summed E-state index contributed by atoms with van der Waals surface area (Å²) in [6.07, 6.45) is 0.613. The molecule has 19 heavy (non-hydrogen) atoms. The highest BCUT2D eigenvalue weighted by Gasteiger charge is 2.10. The number of benzene rings is 2. The Morgan fingerprint density at radius 3 is 2.53 bits per heavy atom. The molecule has 0 atom stereocenters. The van der Waals surface area contributed by atoms with Gasteiger partial charge in [0.2, 0.25) is 0 Å². The molecule has 2 aromatic carbocycles. The number of nitrogen functional groups attached to an aromatic ring is 1. The summed E-state index contributed by atoms with van der Waals surface area (Å²) in [4.78, 5) is 12.0. The molecule has 0 heterocycles. The summed E-state index contributed by atoms with van der Waals surface area (Å²) in [5.74, 6) is 0.0785. The summed E-state index contributed by atoms with van der Waals surface area (Å²) < 4.78 is 0. The van der Waals surface area contributed by atoms with Gasteiger partial charge in [0, 0.05) is 18.5 Å². The van der Waals surface area contributed by atoms with E-state index in [1.54, 1.807) is 24.3 Å². The van der Waals surface area contributed by atoms with Crippen LogP contribution < -0.4 is 5.73 Å². The van der Waals surface area contributed by atoms with Gasteiger partial charge in [-0.3, -0.25) is 4.79 Å². The van der Waals surface area contributed by atoms with Gasteiger partial charge in [-0.2, -0.15) is 0 Å². The van der Waals surface area contributed by atoms with Gasteiger partial charge in [-0.25, -0.2) is 0 Å². The van der Waals surface area contributed by atoms with Crippen molar-refractivity contribution in [3.63, 3.8) is 0 Å². The summed E-state index contributed by atoms with van der Waals surface area (Å²) in [5, 5.41) is 0.918. The monoisotopic (exact) mass is 293 g/mol. The van der Waals surface area contributed by atoms with Crippen molar-refractivity contribution in [2.24, 2.45) is 0 Å². The van der Waals surface area contributed by atoms with Crippen LogP contribution in [0.1, 0.15) is 11.1 Å². The Bertz CT molecular complexity index is 611. The summed E-state index contributed by atoms with van der Waals surface area (Å²) in [7, 11) is 0. The molecule has 0 amide bonds. The van der Waals surface area contributed by atoms with E-state index in [4.69, 9.17) is 28.9 Å². The SMILES string of the molecule is Nc1cccc(CC(=O)Cc2cccc(Cl)c2Cl)c1. The lowest BCUT2D eigenvalue weighted by Gasteiger charge is -2.06. The van der Waals surface area contributed by atoms with Crippen molar-refractivity contribution in [3.05, 3.63) is 63.6 Å². The first-order valence-corrected chi connectivity index (χ1v) is 6.61. The Morgan fingerprint density at radius 1 is 1.05 bits per heavy atom. The molecule has 0 aliphatic heterocycles. The molecule has 0 saturated carbocycles. The van der Waals surface area contributed by atoms with Gasteiger partial charge in [0.05, 0.1) is 10.0 Å². The Kier molecular flexibility index (Phi) is 4.46. The van der Waals surface area contributed by atoms with Gasteiger partial charge in [0.25, 0.3) is 0 Å². The minimum Gasteiger partial charge on any atom is -0.399 e. The number of halogens is 2. The number of rotatable bonds is 4. The lowest BCUT2D eigenvalue weighted by molar-refractivity contribution is -0.117. The first-order valence-electron chi connectivity index (χ1n) is 5.85. The molecule has 0 aliphatic rings. The van der Waals surface area contributed by atoms with Crippen molar-refractivity contribution in [3.8, 4) is 0 Å². The standard InChI is InChI=1S/C15H13Cl2NO/c16-14-6-2-4-11(15(14)17)9-13(19)8-10-3-1-5-12(18)7-10/h1-7H,8-9,18H2. The summed E-state index contributed by atoms with van der Waals surface area (Å²) in [6.45, 7) is 0. The van der Waals surface area contributed by atoms with E-state index >= 15 is 0 Å². The molecule has 2 N–H and O–H groups in total. The number of hydrogen-bond donors (Lipinski definition) is 1. The van der Waals surface area contributed by atoms with Crippen LogP contribution >= 0.6 is 23.2 Å². The molecule has 0 saturated heterocycles. The van der Waals surface area contributed by atoms with E-state index in [-0.39, 0.29) is 12.2 Å². The summed E-state index contributed by atoms with van der Waals surface area (Å²) in [5.41, 5.74) is 8.00. The largest absolute Gasteiger partial charge is 0.399 e. The van der Waals surface area contributed by atoms with Crippen LogP contribution in [-0.4, -0.2) is 5.78 Å². The molecule has 0 fully saturated rings. The zero-order chi connectivity index (χ0) is 13.8. The van der Waals surface area contributed by atoms with Crippen molar-refractivity contribution < 1.29 is 4.79 Å². The fourth-order valence-electron chi connectivity index (χ4n) is 1.89. The van der Waals surface area contributed by atoms with Crippen LogP contribution in [0.25, 0.3) is 0 Å². The van der Waals surface area contributed by atoms with Crippen molar-refractivity contribution in [1.82, 2.24) is 0 Å². The maximum absolute atomic E-state index is 12.0. The summed E-state index contributed by atoms with van der Waals surface area (Å²) >= 11 is 12.0. The molecular formula is C15H13Cl2NO. The van der Waals surface area contributed by atoms with E-state index in [0.29, 0.717) is 22.2 Å².